The normalized spacial score (nSPS) is 20.6. The van der Waals surface area contributed by atoms with Crippen molar-refractivity contribution in [2.24, 2.45) is 5.73 Å². The van der Waals surface area contributed by atoms with E-state index in [0.717, 1.165) is 19.6 Å². The van der Waals surface area contributed by atoms with Crippen LogP contribution < -0.4 is 5.73 Å². The largest absolute Gasteiger partial charge is 0.329 e. The molecule has 1 aliphatic heterocycles. The van der Waals surface area contributed by atoms with Crippen molar-refractivity contribution in [2.45, 2.75) is 25.4 Å². The predicted octanol–water partition coefficient (Wildman–Crippen LogP) is 2.16. The molecule has 1 aromatic heterocycles. The lowest BCUT2D eigenvalue weighted by Gasteiger charge is -2.23. The van der Waals surface area contributed by atoms with E-state index < -0.39 is 0 Å². The van der Waals surface area contributed by atoms with Gasteiger partial charge in [-0.1, -0.05) is 24.3 Å². The van der Waals surface area contributed by atoms with Crippen molar-refractivity contribution in [1.29, 1.82) is 0 Å². The molecule has 2 heterocycles. The first-order valence-corrected chi connectivity index (χ1v) is 6.64. The molecular formula is C15H19N3. The smallest absolute Gasteiger partial charge is 0.0346 e. The second kappa shape index (κ2) is 5.04. The number of hydrogen-bond donors (Lipinski definition) is 1. The SMILES string of the molecule is NCC1CCCN1Cc1cncc2ccccc12. The second-order valence-corrected chi connectivity index (χ2v) is 5.02. The topological polar surface area (TPSA) is 42.1 Å². The number of rotatable bonds is 3. The molecule has 3 heteroatoms. The lowest BCUT2D eigenvalue weighted by atomic mass is 10.1. The molecular weight excluding hydrogens is 222 g/mol. The van der Waals surface area contributed by atoms with Crippen molar-refractivity contribution < 1.29 is 0 Å². The molecule has 0 spiro atoms. The maximum atomic E-state index is 5.83. The van der Waals surface area contributed by atoms with Gasteiger partial charge in [0.1, 0.15) is 0 Å². The van der Waals surface area contributed by atoms with Gasteiger partial charge in [-0.3, -0.25) is 9.88 Å². The number of fused-ring (bicyclic) bond motifs is 1. The number of nitrogens with two attached hydrogens (primary N) is 1. The van der Waals surface area contributed by atoms with Gasteiger partial charge in [0.2, 0.25) is 0 Å². The van der Waals surface area contributed by atoms with Crippen LogP contribution in [0.15, 0.2) is 36.7 Å². The van der Waals surface area contributed by atoms with E-state index in [9.17, 15) is 0 Å². The molecule has 2 N–H and O–H groups in total. The zero-order valence-corrected chi connectivity index (χ0v) is 10.5. The first kappa shape index (κ1) is 11.6. The number of hydrogen-bond acceptors (Lipinski definition) is 3. The van der Waals surface area contributed by atoms with Gasteiger partial charge in [0.15, 0.2) is 0 Å². The van der Waals surface area contributed by atoms with Crippen LogP contribution in [-0.4, -0.2) is 29.0 Å². The van der Waals surface area contributed by atoms with Gasteiger partial charge in [0.25, 0.3) is 0 Å². The van der Waals surface area contributed by atoms with E-state index in [2.05, 4.69) is 34.1 Å². The summed E-state index contributed by atoms with van der Waals surface area (Å²) in [5.41, 5.74) is 7.15. The summed E-state index contributed by atoms with van der Waals surface area (Å²) in [4.78, 5) is 6.84. The fraction of sp³-hybridized carbons (Fsp3) is 0.400. The average Bonchev–Trinajstić information content (AvgIpc) is 2.86. The van der Waals surface area contributed by atoms with Gasteiger partial charge in [-0.15, -0.1) is 0 Å². The van der Waals surface area contributed by atoms with Crippen LogP contribution in [0.1, 0.15) is 18.4 Å². The molecule has 1 atom stereocenters. The quantitative estimate of drug-likeness (QED) is 0.895. The van der Waals surface area contributed by atoms with Crippen molar-refractivity contribution >= 4 is 10.8 Å². The van der Waals surface area contributed by atoms with Crippen LogP contribution in [0.4, 0.5) is 0 Å². The summed E-state index contributed by atoms with van der Waals surface area (Å²) >= 11 is 0. The molecule has 1 saturated heterocycles. The Hall–Kier alpha value is -1.45. The van der Waals surface area contributed by atoms with Gasteiger partial charge >= 0.3 is 0 Å². The third kappa shape index (κ3) is 2.11. The van der Waals surface area contributed by atoms with E-state index in [4.69, 9.17) is 5.73 Å². The summed E-state index contributed by atoms with van der Waals surface area (Å²) in [7, 11) is 0. The van der Waals surface area contributed by atoms with E-state index in [0.29, 0.717) is 6.04 Å². The zero-order valence-electron chi connectivity index (χ0n) is 10.5. The van der Waals surface area contributed by atoms with Crippen molar-refractivity contribution in [3.05, 3.63) is 42.2 Å². The van der Waals surface area contributed by atoms with Crippen LogP contribution in [0.2, 0.25) is 0 Å². The van der Waals surface area contributed by atoms with E-state index >= 15 is 0 Å². The summed E-state index contributed by atoms with van der Waals surface area (Å²) in [6.45, 7) is 2.89. The van der Waals surface area contributed by atoms with E-state index in [1.54, 1.807) is 0 Å². The number of nitrogens with zero attached hydrogens (tertiary/aromatic N) is 2. The van der Waals surface area contributed by atoms with Gasteiger partial charge in [-0.05, 0) is 30.3 Å². The molecule has 1 aromatic carbocycles. The maximum absolute atomic E-state index is 5.83. The van der Waals surface area contributed by atoms with E-state index in [-0.39, 0.29) is 0 Å². The molecule has 1 fully saturated rings. The highest BCUT2D eigenvalue weighted by Crippen LogP contribution is 2.23. The molecule has 1 unspecified atom stereocenters. The van der Waals surface area contributed by atoms with Gasteiger partial charge in [0.05, 0.1) is 0 Å². The molecule has 2 aromatic rings. The molecule has 3 nitrogen and oxygen atoms in total. The molecule has 94 valence electrons. The van der Waals surface area contributed by atoms with Crippen LogP contribution >= 0.6 is 0 Å². The molecule has 0 aliphatic carbocycles. The first-order chi connectivity index (χ1) is 8.88. The van der Waals surface area contributed by atoms with Crippen LogP contribution in [0.3, 0.4) is 0 Å². The first-order valence-electron chi connectivity index (χ1n) is 6.64. The van der Waals surface area contributed by atoms with Crippen molar-refractivity contribution in [1.82, 2.24) is 9.88 Å². The van der Waals surface area contributed by atoms with Crippen LogP contribution in [-0.2, 0) is 6.54 Å². The molecule has 0 amide bonds. The highest BCUT2D eigenvalue weighted by Gasteiger charge is 2.23. The van der Waals surface area contributed by atoms with Gasteiger partial charge in [-0.25, -0.2) is 0 Å². The third-order valence-electron chi connectivity index (χ3n) is 3.90. The minimum atomic E-state index is 0.545. The minimum Gasteiger partial charge on any atom is -0.329 e. The highest BCUT2D eigenvalue weighted by atomic mass is 15.2. The zero-order chi connectivity index (χ0) is 12.4. The Balaban J connectivity index is 1.90. The van der Waals surface area contributed by atoms with Crippen molar-refractivity contribution in [2.75, 3.05) is 13.1 Å². The maximum Gasteiger partial charge on any atom is 0.0346 e. The van der Waals surface area contributed by atoms with Gasteiger partial charge in [0, 0.05) is 36.9 Å². The summed E-state index contributed by atoms with van der Waals surface area (Å²) in [6, 6.07) is 9.00. The van der Waals surface area contributed by atoms with Crippen molar-refractivity contribution in [3.8, 4) is 0 Å². The number of likely N-dealkylation sites (tertiary alicyclic amines) is 1. The Morgan fingerprint density at radius 3 is 3.06 bits per heavy atom. The molecule has 1 aliphatic rings. The lowest BCUT2D eigenvalue weighted by molar-refractivity contribution is 0.251. The van der Waals surface area contributed by atoms with Crippen LogP contribution in [0.25, 0.3) is 10.8 Å². The fourth-order valence-corrected chi connectivity index (χ4v) is 2.89. The fourth-order valence-electron chi connectivity index (χ4n) is 2.89. The van der Waals surface area contributed by atoms with Crippen molar-refractivity contribution in [3.63, 3.8) is 0 Å². The Morgan fingerprint density at radius 2 is 2.17 bits per heavy atom. The Bertz CT molecular complexity index is 533. The Labute approximate surface area is 108 Å². The molecule has 0 radical (unpaired) electrons. The van der Waals surface area contributed by atoms with E-state index in [1.165, 1.54) is 29.2 Å². The summed E-state index contributed by atoms with van der Waals surface area (Å²) in [5, 5.41) is 2.54. The molecule has 0 bridgehead atoms. The van der Waals surface area contributed by atoms with Gasteiger partial charge < -0.3 is 5.73 Å². The Morgan fingerprint density at radius 1 is 1.28 bits per heavy atom. The second-order valence-electron chi connectivity index (χ2n) is 5.02. The standard InChI is InChI=1S/C15H19N3/c16-8-14-5-3-7-18(14)11-13-10-17-9-12-4-1-2-6-15(12)13/h1-2,4,6,9-10,14H,3,5,7-8,11,16H2. The van der Waals surface area contributed by atoms with Crippen LogP contribution in [0, 0.1) is 0 Å². The number of aromatic nitrogens is 1. The molecule has 0 saturated carbocycles. The monoisotopic (exact) mass is 241 g/mol. The number of pyridine rings is 1. The summed E-state index contributed by atoms with van der Waals surface area (Å²) in [6.07, 6.45) is 6.42. The third-order valence-corrected chi connectivity index (χ3v) is 3.90. The highest BCUT2D eigenvalue weighted by molar-refractivity contribution is 5.84. The Kier molecular flexibility index (Phi) is 3.26. The van der Waals surface area contributed by atoms with E-state index in [1.807, 2.05) is 12.4 Å². The summed E-state index contributed by atoms with van der Waals surface area (Å²) < 4.78 is 0. The molecule has 3 rings (SSSR count). The predicted molar refractivity (Wildman–Crippen MR) is 74.2 cm³/mol. The van der Waals surface area contributed by atoms with Gasteiger partial charge in [-0.2, -0.15) is 0 Å². The summed E-state index contributed by atoms with van der Waals surface area (Å²) in [5.74, 6) is 0. The number of benzene rings is 1. The average molecular weight is 241 g/mol. The lowest BCUT2D eigenvalue weighted by Crippen LogP contribution is -2.34. The van der Waals surface area contributed by atoms with Crippen LogP contribution in [0.5, 0.6) is 0 Å². The molecule has 18 heavy (non-hydrogen) atoms. The minimum absolute atomic E-state index is 0.545.